The lowest BCUT2D eigenvalue weighted by Gasteiger charge is -2.15. The van der Waals surface area contributed by atoms with E-state index in [0.29, 0.717) is 29.3 Å². The molecule has 6 rings (SSSR count). The molecule has 0 aliphatic carbocycles. The number of nitrogens with two attached hydrogens (primary N) is 1. The Bertz CT molecular complexity index is 1960. The van der Waals surface area contributed by atoms with Crippen LogP contribution in [-0.4, -0.2) is 29.1 Å². The van der Waals surface area contributed by atoms with Gasteiger partial charge in [-0.1, -0.05) is 54.6 Å². The summed E-state index contributed by atoms with van der Waals surface area (Å²) in [6.45, 7) is 2.35. The molecule has 2 heterocycles. The molecule has 9 heteroatoms. The standard InChI is InChI=1S/C34H27N3O5S/c1-2-40-33(38)31-18-23-12-13-24(32(35)36-34(39)42-26-9-4-3-5-10-26)19-30(23)37(31)20-25-17-28(41-27-14-15-43-21-27)16-22-8-6-7-11-29(22)25/h3-19,21H,2,20H2,1H3,(H2,35,36,39). The third-order valence-electron chi connectivity index (χ3n) is 6.82. The monoisotopic (exact) mass is 589 g/mol. The van der Waals surface area contributed by atoms with Gasteiger partial charge in [0, 0.05) is 28.4 Å². The third-order valence-corrected chi connectivity index (χ3v) is 7.49. The van der Waals surface area contributed by atoms with E-state index in [1.807, 2.05) is 69.9 Å². The molecule has 6 aromatic rings. The molecule has 43 heavy (non-hydrogen) atoms. The van der Waals surface area contributed by atoms with E-state index in [2.05, 4.69) is 4.99 Å². The Morgan fingerprint density at radius 2 is 1.67 bits per heavy atom. The van der Waals surface area contributed by atoms with Crippen LogP contribution in [0.4, 0.5) is 4.79 Å². The molecule has 0 atom stereocenters. The summed E-state index contributed by atoms with van der Waals surface area (Å²) < 4.78 is 18.7. The van der Waals surface area contributed by atoms with E-state index in [-0.39, 0.29) is 12.4 Å². The van der Waals surface area contributed by atoms with E-state index in [1.165, 1.54) is 0 Å². The van der Waals surface area contributed by atoms with E-state index in [1.54, 1.807) is 60.7 Å². The number of para-hydroxylation sites is 1. The number of rotatable bonds is 8. The number of hydrogen-bond acceptors (Lipinski definition) is 6. The van der Waals surface area contributed by atoms with Gasteiger partial charge in [0.2, 0.25) is 0 Å². The summed E-state index contributed by atoms with van der Waals surface area (Å²) in [5, 5.41) is 6.74. The zero-order chi connectivity index (χ0) is 29.8. The molecule has 2 aromatic heterocycles. The van der Waals surface area contributed by atoms with Gasteiger partial charge < -0.3 is 24.5 Å². The smallest absolute Gasteiger partial charge is 0.441 e. The number of carbonyl (C=O) groups excluding carboxylic acids is 2. The van der Waals surface area contributed by atoms with Crippen LogP contribution in [-0.2, 0) is 11.3 Å². The van der Waals surface area contributed by atoms with Gasteiger partial charge in [-0.3, -0.25) is 0 Å². The van der Waals surface area contributed by atoms with Crippen LogP contribution in [0.3, 0.4) is 0 Å². The van der Waals surface area contributed by atoms with Crippen LogP contribution in [0.5, 0.6) is 17.2 Å². The molecule has 214 valence electrons. The van der Waals surface area contributed by atoms with Crippen LogP contribution < -0.4 is 15.2 Å². The maximum absolute atomic E-state index is 13.1. The average molecular weight is 590 g/mol. The number of aliphatic imine (C=N–C) groups is 1. The summed E-state index contributed by atoms with van der Waals surface area (Å²) in [6.07, 6.45) is -0.833. The highest BCUT2D eigenvalue weighted by Crippen LogP contribution is 2.32. The minimum absolute atomic E-state index is 0.00937. The fraction of sp³-hybridized carbons (Fsp3) is 0.0882. The van der Waals surface area contributed by atoms with Crippen LogP contribution in [0.15, 0.2) is 113 Å². The van der Waals surface area contributed by atoms with Crippen molar-refractivity contribution in [3.8, 4) is 17.2 Å². The summed E-state index contributed by atoms with van der Waals surface area (Å²) in [7, 11) is 0. The molecule has 0 spiro atoms. The Morgan fingerprint density at radius 3 is 2.47 bits per heavy atom. The molecule has 0 unspecified atom stereocenters. The third kappa shape index (κ3) is 6.12. The average Bonchev–Trinajstić information content (AvgIpc) is 3.65. The number of ether oxygens (including phenoxy) is 3. The largest absolute Gasteiger partial charge is 0.461 e. The zero-order valence-corrected chi connectivity index (χ0v) is 24.0. The van der Waals surface area contributed by atoms with Crippen LogP contribution in [0.1, 0.15) is 28.5 Å². The fourth-order valence-corrected chi connectivity index (χ4v) is 5.45. The molecule has 0 bridgehead atoms. The van der Waals surface area contributed by atoms with Gasteiger partial charge in [0.25, 0.3) is 0 Å². The first-order chi connectivity index (χ1) is 21.0. The number of carbonyl (C=O) groups is 2. The Balaban J connectivity index is 1.41. The van der Waals surface area contributed by atoms with Crippen molar-refractivity contribution in [2.45, 2.75) is 13.5 Å². The van der Waals surface area contributed by atoms with Crippen molar-refractivity contribution >= 4 is 50.9 Å². The number of benzene rings is 4. The van der Waals surface area contributed by atoms with Crippen LogP contribution in [0, 0.1) is 0 Å². The minimum atomic E-state index is -0.833. The molecule has 0 aliphatic heterocycles. The lowest BCUT2D eigenvalue weighted by molar-refractivity contribution is 0.0515. The molecule has 0 aliphatic rings. The molecular formula is C34H27N3O5S. The molecule has 0 saturated carbocycles. The highest BCUT2D eigenvalue weighted by atomic mass is 32.1. The summed E-state index contributed by atoms with van der Waals surface area (Å²) in [5.41, 5.74) is 8.82. The van der Waals surface area contributed by atoms with Crippen LogP contribution in [0.2, 0.25) is 0 Å². The summed E-state index contributed by atoms with van der Waals surface area (Å²) in [4.78, 5) is 29.5. The maximum atomic E-state index is 13.1. The number of hydrogen-bond donors (Lipinski definition) is 1. The SMILES string of the molecule is CCOC(=O)c1cc2ccc(/C(N)=N\C(=O)Oc3ccccc3)cc2n1Cc1cc(Oc2ccsc2)cc2ccccc12. The first kappa shape index (κ1) is 27.7. The lowest BCUT2D eigenvalue weighted by atomic mass is 10.0. The normalized spacial score (nSPS) is 11.5. The summed E-state index contributed by atoms with van der Waals surface area (Å²) in [5.74, 6) is 1.36. The molecule has 0 radical (unpaired) electrons. The molecule has 0 fully saturated rings. The minimum Gasteiger partial charge on any atom is -0.461 e. The molecular weight excluding hydrogens is 562 g/mol. The Labute approximate surface area is 251 Å². The van der Waals surface area contributed by atoms with Crippen molar-refractivity contribution in [1.29, 1.82) is 0 Å². The second-order valence-corrected chi connectivity index (χ2v) is 10.4. The van der Waals surface area contributed by atoms with Crippen molar-refractivity contribution in [2.24, 2.45) is 10.7 Å². The number of nitrogens with zero attached hydrogens (tertiary/aromatic N) is 2. The van der Waals surface area contributed by atoms with E-state index in [0.717, 1.165) is 33.0 Å². The van der Waals surface area contributed by atoms with E-state index in [4.69, 9.17) is 19.9 Å². The van der Waals surface area contributed by atoms with Gasteiger partial charge in [0.05, 0.1) is 6.61 Å². The number of amidine groups is 1. The molecule has 0 saturated heterocycles. The van der Waals surface area contributed by atoms with E-state index >= 15 is 0 Å². The van der Waals surface area contributed by atoms with Crippen LogP contribution in [0.25, 0.3) is 21.7 Å². The van der Waals surface area contributed by atoms with Crippen molar-refractivity contribution in [3.63, 3.8) is 0 Å². The van der Waals surface area contributed by atoms with Gasteiger partial charge in [-0.25, -0.2) is 9.59 Å². The topological polar surface area (TPSA) is 105 Å². The molecule has 1 amide bonds. The second kappa shape index (κ2) is 12.2. The van der Waals surface area contributed by atoms with Gasteiger partial charge in [-0.05, 0) is 71.1 Å². The number of thiophene rings is 1. The second-order valence-electron chi connectivity index (χ2n) is 9.65. The fourth-order valence-electron chi connectivity index (χ4n) is 4.90. The summed E-state index contributed by atoms with van der Waals surface area (Å²) >= 11 is 1.56. The van der Waals surface area contributed by atoms with Gasteiger partial charge in [-0.2, -0.15) is 4.99 Å². The van der Waals surface area contributed by atoms with Crippen LogP contribution >= 0.6 is 11.3 Å². The van der Waals surface area contributed by atoms with E-state index in [9.17, 15) is 9.59 Å². The first-order valence-electron chi connectivity index (χ1n) is 13.6. The van der Waals surface area contributed by atoms with Crippen molar-refractivity contribution < 1.29 is 23.8 Å². The predicted molar refractivity (Wildman–Crippen MR) is 169 cm³/mol. The highest BCUT2D eigenvalue weighted by Gasteiger charge is 2.19. The first-order valence-corrected chi connectivity index (χ1v) is 14.6. The predicted octanol–water partition coefficient (Wildman–Crippen LogP) is 7.78. The number of esters is 1. The van der Waals surface area contributed by atoms with Gasteiger partial charge in [-0.15, -0.1) is 11.3 Å². The Morgan fingerprint density at radius 1 is 0.860 bits per heavy atom. The number of aromatic nitrogens is 1. The van der Waals surface area contributed by atoms with Gasteiger partial charge in [0.1, 0.15) is 28.8 Å². The zero-order valence-electron chi connectivity index (χ0n) is 23.2. The van der Waals surface area contributed by atoms with Crippen molar-refractivity contribution in [1.82, 2.24) is 4.57 Å². The molecule has 2 N–H and O–H groups in total. The number of amides is 1. The van der Waals surface area contributed by atoms with Gasteiger partial charge >= 0.3 is 12.1 Å². The highest BCUT2D eigenvalue weighted by molar-refractivity contribution is 7.08. The summed E-state index contributed by atoms with van der Waals surface area (Å²) in [6, 6.07) is 29.8. The molecule has 4 aromatic carbocycles. The van der Waals surface area contributed by atoms with Crippen molar-refractivity contribution in [2.75, 3.05) is 6.61 Å². The Hall–Kier alpha value is -5.41. The van der Waals surface area contributed by atoms with E-state index < -0.39 is 12.1 Å². The van der Waals surface area contributed by atoms with Crippen molar-refractivity contribution in [3.05, 3.63) is 125 Å². The lowest BCUT2D eigenvalue weighted by Crippen LogP contribution is -2.17. The Kier molecular flexibility index (Phi) is 7.88. The molecule has 8 nitrogen and oxygen atoms in total. The maximum Gasteiger partial charge on any atom is 0.441 e. The van der Waals surface area contributed by atoms with Gasteiger partial charge in [0.15, 0.2) is 0 Å². The quantitative estimate of drug-likeness (QED) is 0.110. The number of fused-ring (bicyclic) bond motifs is 2.